The molecule has 1 aromatic carbocycles. The molecule has 26 heavy (non-hydrogen) atoms. The summed E-state index contributed by atoms with van der Waals surface area (Å²) in [6.45, 7) is 7.77. The van der Waals surface area contributed by atoms with Gasteiger partial charge in [-0.25, -0.2) is 0 Å². The normalized spacial score (nSPS) is 27.8. The summed E-state index contributed by atoms with van der Waals surface area (Å²) in [5, 5.41) is 0. The van der Waals surface area contributed by atoms with Gasteiger partial charge in [-0.2, -0.15) is 0 Å². The van der Waals surface area contributed by atoms with Gasteiger partial charge in [0.25, 0.3) is 11.7 Å². The molecule has 4 aliphatic rings. The molecule has 0 radical (unpaired) electrons. The Morgan fingerprint density at radius 2 is 1.58 bits per heavy atom. The molecule has 0 aromatic heterocycles. The number of rotatable bonds is 0. The Bertz CT molecular complexity index is 768. The number of aryl methyl sites for hydroxylation is 1. The van der Waals surface area contributed by atoms with Crippen molar-refractivity contribution in [3.8, 4) is 0 Å². The number of hydrogen-bond acceptors (Lipinski definition) is 3. The van der Waals surface area contributed by atoms with Crippen molar-refractivity contribution in [2.45, 2.75) is 82.5 Å². The molecule has 1 aromatic rings. The van der Waals surface area contributed by atoms with E-state index in [9.17, 15) is 4.79 Å². The Balaban J connectivity index is 1.79. The summed E-state index contributed by atoms with van der Waals surface area (Å²) in [5.41, 5.74) is 4.46. The molecule has 2 spiro atoms. The Morgan fingerprint density at radius 3 is 2.23 bits per heavy atom. The molecular formula is C22H29NO3. The molecule has 4 nitrogen and oxygen atoms in total. The second kappa shape index (κ2) is 5.32. The van der Waals surface area contributed by atoms with E-state index in [1.54, 1.807) is 0 Å². The van der Waals surface area contributed by atoms with Crippen LogP contribution in [-0.4, -0.2) is 24.7 Å². The predicted octanol–water partition coefficient (Wildman–Crippen LogP) is 4.32. The largest absolute Gasteiger partial charge is 0.336 e. The maximum absolute atomic E-state index is 13.8. The van der Waals surface area contributed by atoms with Gasteiger partial charge in [-0.15, -0.1) is 0 Å². The van der Waals surface area contributed by atoms with Crippen LogP contribution in [0.4, 0.5) is 5.69 Å². The van der Waals surface area contributed by atoms with Gasteiger partial charge in [0.2, 0.25) is 0 Å². The number of nitrogens with zero attached hydrogens (tertiary/aromatic N) is 1. The minimum Gasteiger partial charge on any atom is -0.336 e. The van der Waals surface area contributed by atoms with Crippen molar-refractivity contribution < 1.29 is 14.3 Å². The van der Waals surface area contributed by atoms with Crippen LogP contribution in [0, 0.1) is 6.92 Å². The summed E-state index contributed by atoms with van der Waals surface area (Å²) in [6, 6.07) is 4.39. The molecule has 1 aliphatic carbocycles. The second-order valence-corrected chi connectivity index (χ2v) is 9.36. The first-order chi connectivity index (χ1) is 12.4. The average molecular weight is 355 g/mol. The zero-order chi connectivity index (χ0) is 18.2. The Kier molecular flexibility index (Phi) is 3.43. The maximum atomic E-state index is 13.8. The molecule has 1 amide bonds. The van der Waals surface area contributed by atoms with E-state index < -0.39 is 5.79 Å². The number of benzene rings is 1. The minimum atomic E-state index is -1.20. The number of carbonyl (C=O) groups excluding carboxylic acids is 1. The first kappa shape index (κ1) is 16.8. The summed E-state index contributed by atoms with van der Waals surface area (Å²) in [5.74, 6) is -1.18. The Hall–Kier alpha value is -1.39. The van der Waals surface area contributed by atoms with E-state index in [-0.39, 0.29) is 16.9 Å². The van der Waals surface area contributed by atoms with Crippen LogP contribution in [0.25, 0.3) is 0 Å². The predicted molar refractivity (Wildman–Crippen MR) is 100 cm³/mol. The van der Waals surface area contributed by atoms with Crippen LogP contribution in [0.2, 0.25) is 0 Å². The van der Waals surface area contributed by atoms with E-state index in [2.05, 4.69) is 37.8 Å². The molecule has 0 atom stereocenters. The van der Waals surface area contributed by atoms with Crippen molar-refractivity contribution in [2.75, 3.05) is 18.1 Å². The molecule has 2 fully saturated rings. The third-order valence-electron chi connectivity index (χ3n) is 7.02. The summed E-state index contributed by atoms with van der Waals surface area (Å²) >= 11 is 0. The number of carbonyl (C=O) groups is 1. The van der Waals surface area contributed by atoms with Gasteiger partial charge in [-0.05, 0) is 43.2 Å². The van der Waals surface area contributed by atoms with E-state index in [0.29, 0.717) is 13.2 Å². The van der Waals surface area contributed by atoms with Crippen molar-refractivity contribution in [1.29, 1.82) is 0 Å². The van der Waals surface area contributed by atoms with Crippen LogP contribution < -0.4 is 4.90 Å². The maximum Gasteiger partial charge on any atom is 0.293 e. The van der Waals surface area contributed by atoms with E-state index in [1.807, 2.05) is 0 Å². The van der Waals surface area contributed by atoms with E-state index in [0.717, 1.165) is 30.5 Å². The lowest BCUT2D eigenvalue weighted by Crippen LogP contribution is -2.58. The van der Waals surface area contributed by atoms with Gasteiger partial charge >= 0.3 is 0 Å². The second-order valence-electron chi connectivity index (χ2n) is 9.36. The SMILES string of the molecule is Cc1cc2c3c(c1)C1(OCCO1)C(=O)N3C1(CCCCCC1)CC2(C)C. The molecule has 0 unspecified atom stereocenters. The number of anilines is 1. The van der Waals surface area contributed by atoms with Crippen molar-refractivity contribution >= 4 is 11.6 Å². The van der Waals surface area contributed by atoms with Gasteiger partial charge < -0.3 is 14.4 Å². The molecule has 0 bridgehead atoms. The first-order valence-corrected chi connectivity index (χ1v) is 10.2. The van der Waals surface area contributed by atoms with Crippen molar-refractivity contribution in [2.24, 2.45) is 0 Å². The van der Waals surface area contributed by atoms with Crippen molar-refractivity contribution in [1.82, 2.24) is 0 Å². The highest BCUT2D eigenvalue weighted by Gasteiger charge is 2.64. The fourth-order valence-electron chi connectivity index (χ4n) is 6.08. The Morgan fingerprint density at radius 1 is 0.962 bits per heavy atom. The van der Waals surface area contributed by atoms with E-state index in [4.69, 9.17) is 9.47 Å². The highest BCUT2D eigenvalue weighted by molar-refractivity contribution is 6.09. The lowest BCUT2D eigenvalue weighted by atomic mass is 9.66. The minimum absolute atomic E-state index is 0.0225. The summed E-state index contributed by atoms with van der Waals surface area (Å²) < 4.78 is 12.1. The molecular weight excluding hydrogens is 326 g/mol. The van der Waals surface area contributed by atoms with Gasteiger partial charge in [-0.3, -0.25) is 4.79 Å². The zero-order valence-electron chi connectivity index (χ0n) is 16.2. The van der Waals surface area contributed by atoms with Crippen molar-refractivity contribution in [3.05, 3.63) is 28.8 Å². The quantitative estimate of drug-likeness (QED) is 0.696. The number of amides is 1. The Labute approximate surface area is 155 Å². The fourth-order valence-corrected chi connectivity index (χ4v) is 6.08. The van der Waals surface area contributed by atoms with Crippen LogP contribution in [0.5, 0.6) is 0 Å². The summed E-state index contributed by atoms with van der Waals surface area (Å²) in [4.78, 5) is 15.9. The molecule has 140 valence electrons. The molecule has 1 saturated heterocycles. The van der Waals surface area contributed by atoms with Crippen LogP contribution in [0.1, 0.15) is 75.5 Å². The number of hydrogen-bond donors (Lipinski definition) is 0. The van der Waals surface area contributed by atoms with Gasteiger partial charge in [0.1, 0.15) is 0 Å². The molecule has 0 N–H and O–H groups in total. The molecule has 3 aliphatic heterocycles. The lowest BCUT2D eigenvalue weighted by molar-refractivity contribution is -0.181. The topological polar surface area (TPSA) is 38.8 Å². The molecule has 5 rings (SSSR count). The lowest BCUT2D eigenvalue weighted by Gasteiger charge is -2.52. The third-order valence-corrected chi connectivity index (χ3v) is 7.02. The summed E-state index contributed by atoms with van der Waals surface area (Å²) in [6.07, 6.45) is 8.15. The average Bonchev–Trinajstić information content (AvgIpc) is 3.08. The first-order valence-electron chi connectivity index (χ1n) is 10.2. The van der Waals surface area contributed by atoms with Gasteiger partial charge in [0, 0.05) is 11.1 Å². The number of fused-ring (bicyclic) bond motifs is 2. The van der Waals surface area contributed by atoms with E-state index >= 15 is 0 Å². The van der Waals surface area contributed by atoms with Crippen LogP contribution in [0.15, 0.2) is 12.1 Å². The molecule has 4 heteroatoms. The standard InChI is InChI=1S/C22H29NO3/c1-15-12-16-18-17(13-15)22(25-10-11-26-22)19(24)23(18)21(14-20(16,2)3)8-6-4-5-7-9-21/h12-13H,4-11,14H2,1-3H3. The molecule has 3 heterocycles. The van der Waals surface area contributed by atoms with Gasteiger partial charge in [0.05, 0.1) is 18.9 Å². The third kappa shape index (κ3) is 2.00. The highest BCUT2D eigenvalue weighted by atomic mass is 16.7. The fraction of sp³-hybridized carbons (Fsp3) is 0.682. The summed E-state index contributed by atoms with van der Waals surface area (Å²) in [7, 11) is 0. The highest BCUT2D eigenvalue weighted by Crippen LogP contribution is 2.59. The van der Waals surface area contributed by atoms with Crippen LogP contribution >= 0.6 is 0 Å². The van der Waals surface area contributed by atoms with Crippen molar-refractivity contribution in [3.63, 3.8) is 0 Å². The van der Waals surface area contributed by atoms with Gasteiger partial charge in [0.15, 0.2) is 0 Å². The monoisotopic (exact) mass is 355 g/mol. The van der Waals surface area contributed by atoms with E-state index in [1.165, 1.54) is 36.8 Å². The van der Waals surface area contributed by atoms with Crippen LogP contribution in [-0.2, 0) is 25.5 Å². The number of ether oxygens (including phenoxy) is 2. The molecule has 1 saturated carbocycles. The van der Waals surface area contributed by atoms with Gasteiger partial charge in [-0.1, -0.05) is 51.2 Å². The zero-order valence-corrected chi connectivity index (χ0v) is 16.2. The van der Waals surface area contributed by atoms with Crippen LogP contribution in [0.3, 0.4) is 0 Å². The smallest absolute Gasteiger partial charge is 0.293 e.